The molecule has 0 amide bonds. The molecule has 1 aliphatic carbocycles. The van der Waals surface area contributed by atoms with Crippen molar-refractivity contribution in [1.82, 2.24) is 0 Å². The molecule has 0 bridgehead atoms. The first-order chi connectivity index (χ1) is 12.2. The molecule has 2 aromatic rings. The number of rotatable bonds is 3. The SMILES string of the molecule is CCOC(=O)c1ccc2c(c1)[C@@H]1C=CC[C@H]1[C@@H](c1ccccc1Cl)N2. The number of esters is 1. The molecule has 2 aromatic carbocycles. The Bertz CT molecular complexity index is 846. The summed E-state index contributed by atoms with van der Waals surface area (Å²) in [6.07, 6.45) is 5.48. The van der Waals surface area contributed by atoms with Crippen molar-refractivity contribution in [3.63, 3.8) is 0 Å². The summed E-state index contributed by atoms with van der Waals surface area (Å²) in [4.78, 5) is 12.1. The van der Waals surface area contributed by atoms with Gasteiger partial charge in [-0.25, -0.2) is 4.79 Å². The van der Waals surface area contributed by atoms with Crippen LogP contribution >= 0.6 is 11.6 Å². The van der Waals surface area contributed by atoms with E-state index in [0.29, 0.717) is 18.1 Å². The van der Waals surface area contributed by atoms with Gasteiger partial charge in [0.05, 0.1) is 18.2 Å². The third-order valence-electron chi connectivity index (χ3n) is 5.11. The molecule has 0 saturated carbocycles. The van der Waals surface area contributed by atoms with Crippen molar-refractivity contribution in [3.8, 4) is 0 Å². The van der Waals surface area contributed by atoms with Gasteiger partial charge in [0.25, 0.3) is 0 Å². The number of benzene rings is 2. The zero-order valence-electron chi connectivity index (χ0n) is 14.0. The Labute approximate surface area is 152 Å². The second-order valence-electron chi connectivity index (χ2n) is 6.52. The van der Waals surface area contributed by atoms with Gasteiger partial charge in [0.15, 0.2) is 0 Å². The second-order valence-corrected chi connectivity index (χ2v) is 6.93. The van der Waals surface area contributed by atoms with Gasteiger partial charge in [0.1, 0.15) is 0 Å². The number of nitrogens with one attached hydrogen (secondary N) is 1. The van der Waals surface area contributed by atoms with Gasteiger partial charge in [-0.15, -0.1) is 0 Å². The first-order valence-corrected chi connectivity index (χ1v) is 9.05. The van der Waals surface area contributed by atoms with Crippen molar-refractivity contribution in [2.45, 2.75) is 25.3 Å². The summed E-state index contributed by atoms with van der Waals surface area (Å²) in [6.45, 7) is 2.20. The van der Waals surface area contributed by atoms with Gasteiger partial charge >= 0.3 is 5.97 Å². The van der Waals surface area contributed by atoms with Crippen LogP contribution in [0.2, 0.25) is 5.02 Å². The van der Waals surface area contributed by atoms with Gasteiger partial charge in [0, 0.05) is 16.6 Å². The quantitative estimate of drug-likeness (QED) is 0.597. The van der Waals surface area contributed by atoms with Crippen LogP contribution in [-0.2, 0) is 4.74 Å². The van der Waals surface area contributed by atoms with Crippen molar-refractivity contribution in [2.24, 2.45) is 5.92 Å². The highest BCUT2D eigenvalue weighted by atomic mass is 35.5. The molecule has 0 unspecified atom stereocenters. The molecule has 4 rings (SSSR count). The Morgan fingerprint density at radius 1 is 1.24 bits per heavy atom. The molecule has 25 heavy (non-hydrogen) atoms. The Morgan fingerprint density at radius 2 is 2.08 bits per heavy atom. The molecule has 0 saturated heterocycles. The van der Waals surface area contributed by atoms with Gasteiger partial charge in [-0.05, 0) is 54.7 Å². The zero-order chi connectivity index (χ0) is 17.4. The first-order valence-electron chi connectivity index (χ1n) is 8.67. The summed E-state index contributed by atoms with van der Waals surface area (Å²) >= 11 is 6.46. The lowest BCUT2D eigenvalue weighted by atomic mass is 9.76. The molecule has 1 N–H and O–H groups in total. The molecule has 1 heterocycles. The monoisotopic (exact) mass is 353 g/mol. The normalized spacial score (nSPS) is 23.5. The van der Waals surface area contributed by atoms with Crippen molar-refractivity contribution in [1.29, 1.82) is 0 Å². The smallest absolute Gasteiger partial charge is 0.338 e. The predicted octanol–water partition coefficient (Wildman–Crippen LogP) is 5.34. The predicted molar refractivity (Wildman–Crippen MR) is 100 cm³/mol. The van der Waals surface area contributed by atoms with Crippen LogP contribution in [0.4, 0.5) is 5.69 Å². The Hall–Kier alpha value is -2.26. The van der Waals surface area contributed by atoms with Crippen LogP contribution in [0.1, 0.15) is 46.8 Å². The number of allylic oxidation sites excluding steroid dienone is 2. The molecule has 0 spiro atoms. The van der Waals surface area contributed by atoms with Crippen LogP contribution in [0.3, 0.4) is 0 Å². The zero-order valence-corrected chi connectivity index (χ0v) is 14.8. The van der Waals surface area contributed by atoms with Crippen LogP contribution in [-0.4, -0.2) is 12.6 Å². The van der Waals surface area contributed by atoms with Crippen LogP contribution in [0.5, 0.6) is 0 Å². The van der Waals surface area contributed by atoms with E-state index in [1.165, 1.54) is 0 Å². The number of carbonyl (C=O) groups excluding carboxylic acids is 1. The minimum Gasteiger partial charge on any atom is -0.462 e. The number of hydrogen-bond donors (Lipinski definition) is 1. The lowest BCUT2D eigenvalue weighted by Crippen LogP contribution is -2.29. The minimum atomic E-state index is -0.267. The van der Waals surface area contributed by atoms with Gasteiger partial charge in [-0.1, -0.05) is 42.0 Å². The summed E-state index contributed by atoms with van der Waals surface area (Å²) in [5.74, 6) is 0.411. The highest BCUT2D eigenvalue weighted by Crippen LogP contribution is 2.50. The Kier molecular flexibility index (Phi) is 4.26. The highest BCUT2D eigenvalue weighted by Gasteiger charge is 2.38. The van der Waals surface area contributed by atoms with Crippen LogP contribution in [0.25, 0.3) is 0 Å². The number of anilines is 1. The molecular weight excluding hydrogens is 334 g/mol. The van der Waals surface area contributed by atoms with Crippen LogP contribution in [0, 0.1) is 5.92 Å². The van der Waals surface area contributed by atoms with Gasteiger partial charge in [-0.3, -0.25) is 0 Å². The molecule has 128 valence electrons. The van der Waals surface area contributed by atoms with E-state index in [2.05, 4.69) is 23.5 Å². The highest BCUT2D eigenvalue weighted by molar-refractivity contribution is 6.31. The molecule has 0 aromatic heterocycles. The molecule has 1 aliphatic heterocycles. The molecule has 4 heteroatoms. The third-order valence-corrected chi connectivity index (χ3v) is 5.46. The molecule has 0 fully saturated rings. The van der Waals surface area contributed by atoms with Crippen molar-refractivity contribution in [2.75, 3.05) is 11.9 Å². The molecule has 0 radical (unpaired) electrons. The second kappa shape index (κ2) is 6.57. The molecule has 3 atom stereocenters. The summed E-state index contributed by atoms with van der Waals surface area (Å²) in [5, 5.41) is 4.44. The maximum atomic E-state index is 12.1. The fourth-order valence-electron chi connectivity index (χ4n) is 3.97. The van der Waals surface area contributed by atoms with Gasteiger partial charge < -0.3 is 10.1 Å². The van der Waals surface area contributed by atoms with Crippen molar-refractivity contribution >= 4 is 23.3 Å². The summed E-state index contributed by atoms with van der Waals surface area (Å²) in [5.41, 5.74) is 3.96. The van der Waals surface area contributed by atoms with Gasteiger partial charge in [-0.2, -0.15) is 0 Å². The van der Waals surface area contributed by atoms with E-state index in [1.54, 1.807) is 0 Å². The topological polar surface area (TPSA) is 38.3 Å². The molecule has 3 nitrogen and oxygen atoms in total. The average Bonchev–Trinajstić information content (AvgIpc) is 3.11. The van der Waals surface area contributed by atoms with Crippen molar-refractivity contribution < 1.29 is 9.53 Å². The lowest BCUT2D eigenvalue weighted by Gasteiger charge is -2.38. The maximum Gasteiger partial charge on any atom is 0.338 e. The van der Waals surface area contributed by atoms with Crippen molar-refractivity contribution in [3.05, 3.63) is 76.3 Å². The van der Waals surface area contributed by atoms with E-state index in [4.69, 9.17) is 16.3 Å². The Morgan fingerprint density at radius 3 is 2.88 bits per heavy atom. The summed E-state index contributed by atoms with van der Waals surface area (Å²) in [7, 11) is 0. The number of carbonyl (C=O) groups is 1. The average molecular weight is 354 g/mol. The summed E-state index contributed by atoms with van der Waals surface area (Å²) < 4.78 is 5.14. The number of hydrogen-bond acceptors (Lipinski definition) is 3. The first kappa shape index (κ1) is 16.2. The number of fused-ring (bicyclic) bond motifs is 3. The van der Waals surface area contributed by atoms with E-state index in [-0.39, 0.29) is 17.9 Å². The number of ether oxygens (including phenoxy) is 1. The Balaban J connectivity index is 1.74. The maximum absolute atomic E-state index is 12.1. The van der Waals surface area contributed by atoms with E-state index < -0.39 is 0 Å². The van der Waals surface area contributed by atoms with E-state index >= 15 is 0 Å². The van der Waals surface area contributed by atoms with Crippen LogP contribution in [0.15, 0.2) is 54.6 Å². The summed E-state index contributed by atoms with van der Waals surface area (Å²) in [6, 6.07) is 14.0. The largest absolute Gasteiger partial charge is 0.462 e. The van der Waals surface area contributed by atoms with E-state index in [0.717, 1.165) is 28.3 Å². The minimum absolute atomic E-state index is 0.162. The van der Waals surface area contributed by atoms with Gasteiger partial charge in [0.2, 0.25) is 0 Å². The van der Waals surface area contributed by atoms with Crippen LogP contribution < -0.4 is 5.32 Å². The molecule has 2 aliphatic rings. The number of halogens is 1. The lowest BCUT2D eigenvalue weighted by molar-refractivity contribution is 0.0526. The molecular formula is C21H20ClNO2. The fraction of sp³-hybridized carbons (Fsp3) is 0.286. The van der Waals surface area contributed by atoms with E-state index in [9.17, 15) is 4.79 Å². The van der Waals surface area contributed by atoms with E-state index in [1.807, 2.05) is 43.3 Å². The standard InChI is InChI=1S/C21H20ClNO2/c1-2-25-21(24)13-10-11-19-17(12-13)14-7-5-8-15(14)20(23-19)16-6-3-4-9-18(16)22/h3-7,9-12,14-15,20,23H,2,8H2,1H3/t14-,15-,20+/m1/s1. The fourth-order valence-corrected chi connectivity index (χ4v) is 4.22. The third kappa shape index (κ3) is 2.83.